The molecule has 2 N–H and O–H groups in total. The maximum atomic E-state index is 12.6. The molecule has 0 amide bonds. The number of nitrogen functional groups attached to an aromatic ring is 1. The van der Waals surface area contributed by atoms with Crippen molar-refractivity contribution in [1.82, 2.24) is 9.97 Å². The van der Waals surface area contributed by atoms with E-state index in [9.17, 15) is 4.79 Å². The molecule has 0 aliphatic carbocycles. The van der Waals surface area contributed by atoms with Crippen LogP contribution in [0, 0.1) is 0 Å². The van der Waals surface area contributed by atoms with Gasteiger partial charge in [0.2, 0.25) is 5.78 Å². The Labute approximate surface area is 131 Å². The van der Waals surface area contributed by atoms with E-state index >= 15 is 0 Å². The first-order valence-corrected chi connectivity index (χ1v) is 7.56. The summed E-state index contributed by atoms with van der Waals surface area (Å²) in [7, 11) is 1.49. The average molecular weight is 324 g/mol. The van der Waals surface area contributed by atoms with E-state index in [-0.39, 0.29) is 17.2 Å². The summed E-state index contributed by atoms with van der Waals surface area (Å²) in [4.78, 5) is 20.8. The van der Waals surface area contributed by atoms with E-state index in [1.807, 2.05) is 6.92 Å². The number of anilines is 1. The maximum Gasteiger partial charge on any atom is 0.202 e. The third-order valence-electron chi connectivity index (χ3n) is 2.72. The number of rotatable bonds is 5. The van der Waals surface area contributed by atoms with E-state index in [0.29, 0.717) is 21.5 Å². The van der Waals surface area contributed by atoms with Crippen LogP contribution < -0.4 is 10.5 Å². The summed E-state index contributed by atoms with van der Waals surface area (Å²) < 4.78 is 5.18. The number of nitrogens with zero attached hydrogens (tertiary/aromatic N) is 2. The number of halogens is 1. The number of thioether (sulfide) groups is 1. The summed E-state index contributed by atoms with van der Waals surface area (Å²) in [5.41, 5.74) is 6.42. The van der Waals surface area contributed by atoms with Crippen molar-refractivity contribution in [3.05, 3.63) is 40.5 Å². The quantitative estimate of drug-likeness (QED) is 0.517. The van der Waals surface area contributed by atoms with Crippen molar-refractivity contribution in [3.63, 3.8) is 0 Å². The number of aromatic nitrogens is 2. The van der Waals surface area contributed by atoms with Gasteiger partial charge in [-0.1, -0.05) is 30.3 Å². The van der Waals surface area contributed by atoms with Gasteiger partial charge in [0.25, 0.3) is 0 Å². The summed E-state index contributed by atoms with van der Waals surface area (Å²) in [6.45, 7) is 1.99. The molecule has 0 atom stereocenters. The average Bonchev–Trinajstić information content (AvgIpc) is 2.47. The lowest BCUT2D eigenvalue weighted by Crippen LogP contribution is -2.10. The minimum absolute atomic E-state index is 0.146. The third-order valence-corrected chi connectivity index (χ3v) is 3.70. The zero-order valence-corrected chi connectivity index (χ0v) is 13.2. The lowest BCUT2D eigenvalue weighted by molar-refractivity contribution is 0.103. The molecule has 7 heteroatoms. The van der Waals surface area contributed by atoms with Gasteiger partial charge in [0.1, 0.15) is 11.6 Å². The molecule has 1 heterocycles. The fourth-order valence-corrected chi connectivity index (χ4v) is 2.47. The normalized spacial score (nSPS) is 10.4. The molecule has 2 aromatic rings. The van der Waals surface area contributed by atoms with Gasteiger partial charge in [0.05, 0.1) is 18.2 Å². The van der Waals surface area contributed by atoms with Crippen LogP contribution >= 0.6 is 23.4 Å². The smallest absolute Gasteiger partial charge is 0.202 e. The van der Waals surface area contributed by atoms with Crippen molar-refractivity contribution in [3.8, 4) is 5.75 Å². The summed E-state index contributed by atoms with van der Waals surface area (Å²) in [6.07, 6.45) is 1.43. The van der Waals surface area contributed by atoms with Crippen LogP contribution in [0.2, 0.25) is 5.02 Å². The molecule has 0 unspecified atom stereocenters. The Kier molecular flexibility index (Phi) is 5.03. The Morgan fingerprint density at radius 1 is 1.43 bits per heavy atom. The van der Waals surface area contributed by atoms with Gasteiger partial charge in [0.15, 0.2) is 5.16 Å². The van der Waals surface area contributed by atoms with Crippen molar-refractivity contribution < 1.29 is 9.53 Å². The second-order valence-electron chi connectivity index (χ2n) is 4.06. The molecule has 0 fully saturated rings. The Bertz CT molecular complexity index is 679. The van der Waals surface area contributed by atoms with Gasteiger partial charge in [-0.05, 0) is 24.0 Å². The van der Waals surface area contributed by atoms with Crippen LogP contribution in [0.1, 0.15) is 22.8 Å². The zero-order chi connectivity index (χ0) is 15.4. The van der Waals surface area contributed by atoms with Crippen molar-refractivity contribution in [2.45, 2.75) is 12.1 Å². The highest BCUT2D eigenvalue weighted by Gasteiger charge is 2.19. The molecule has 0 aliphatic heterocycles. The second kappa shape index (κ2) is 6.78. The fraction of sp³-hybridized carbons (Fsp3) is 0.214. The molecule has 1 aromatic carbocycles. The predicted octanol–water partition coefficient (Wildman–Crippen LogP) is 3.06. The number of nitrogens with two attached hydrogens (primary N) is 1. The molecule has 5 nitrogen and oxygen atoms in total. The molecule has 2 rings (SSSR count). The summed E-state index contributed by atoms with van der Waals surface area (Å²) in [5, 5.41) is 0.987. The van der Waals surface area contributed by atoms with Crippen LogP contribution in [0.5, 0.6) is 5.75 Å². The number of benzene rings is 1. The van der Waals surface area contributed by atoms with Crippen LogP contribution in [-0.4, -0.2) is 28.6 Å². The summed E-state index contributed by atoms with van der Waals surface area (Å²) >= 11 is 7.39. The highest BCUT2D eigenvalue weighted by atomic mass is 35.5. The molecule has 0 radical (unpaired) electrons. The Morgan fingerprint density at radius 2 is 2.19 bits per heavy atom. The first kappa shape index (κ1) is 15.6. The van der Waals surface area contributed by atoms with Gasteiger partial charge in [-0.25, -0.2) is 9.97 Å². The molecule has 1 aromatic heterocycles. The van der Waals surface area contributed by atoms with Crippen molar-refractivity contribution in [1.29, 1.82) is 0 Å². The van der Waals surface area contributed by atoms with Crippen LogP contribution in [0.3, 0.4) is 0 Å². The van der Waals surface area contributed by atoms with Gasteiger partial charge in [-0.15, -0.1) is 0 Å². The number of carbonyl (C=O) groups excluding carboxylic acids is 1. The first-order chi connectivity index (χ1) is 10.1. The lowest BCUT2D eigenvalue weighted by Gasteiger charge is -2.09. The van der Waals surface area contributed by atoms with E-state index in [2.05, 4.69) is 9.97 Å². The molecule has 0 aliphatic rings. The van der Waals surface area contributed by atoms with Gasteiger partial charge < -0.3 is 10.5 Å². The van der Waals surface area contributed by atoms with E-state index in [1.165, 1.54) is 31.1 Å². The summed E-state index contributed by atoms with van der Waals surface area (Å²) in [5.74, 6) is 1.08. The molecule has 0 bridgehead atoms. The van der Waals surface area contributed by atoms with Gasteiger partial charge in [-0.3, -0.25) is 4.79 Å². The standard InChI is InChI=1S/C14H14ClN3O2S/c1-3-21-14-17-7-10(13(16)18-14)12(19)9-6-8(15)4-5-11(9)20-2/h4-7H,3H2,1-2H3,(H2,16,17,18). The number of hydrogen-bond donors (Lipinski definition) is 1. The van der Waals surface area contributed by atoms with Gasteiger partial charge in [-0.2, -0.15) is 0 Å². The molecule has 110 valence electrons. The number of hydrogen-bond acceptors (Lipinski definition) is 6. The van der Waals surface area contributed by atoms with E-state index in [0.717, 1.165) is 5.75 Å². The Hall–Kier alpha value is -1.79. The highest BCUT2D eigenvalue weighted by molar-refractivity contribution is 7.99. The van der Waals surface area contributed by atoms with Crippen LogP contribution in [0.15, 0.2) is 29.6 Å². The van der Waals surface area contributed by atoms with Crippen molar-refractivity contribution in [2.24, 2.45) is 0 Å². The SMILES string of the molecule is CCSc1ncc(C(=O)c2cc(Cl)ccc2OC)c(N)n1. The van der Waals surface area contributed by atoms with Gasteiger partial charge in [0, 0.05) is 11.2 Å². The molecular formula is C14H14ClN3O2S. The largest absolute Gasteiger partial charge is 0.496 e. The second-order valence-corrected chi connectivity index (χ2v) is 5.73. The molecular weight excluding hydrogens is 310 g/mol. The number of methoxy groups -OCH3 is 1. The Balaban J connectivity index is 2.43. The molecule has 0 saturated carbocycles. The summed E-state index contributed by atoms with van der Waals surface area (Å²) in [6, 6.07) is 4.82. The molecule has 0 saturated heterocycles. The van der Waals surface area contributed by atoms with Gasteiger partial charge >= 0.3 is 0 Å². The van der Waals surface area contributed by atoms with Crippen molar-refractivity contribution >= 4 is 35.0 Å². The van der Waals surface area contributed by atoms with E-state index < -0.39 is 0 Å². The highest BCUT2D eigenvalue weighted by Crippen LogP contribution is 2.27. The fourth-order valence-electron chi connectivity index (χ4n) is 1.75. The van der Waals surface area contributed by atoms with Crippen LogP contribution in [0.25, 0.3) is 0 Å². The van der Waals surface area contributed by atoms with E-state index in [1.54, 1.807) is 12.1 Å². The van der Waals surface area contributed by atoms with Crippen LogP contribution in [0.4, 0.5) is 5.82 Å². The zero-order valence-electron chi connectivity index (χ0n) is 11.6. The molecule has 0 spiro atoms. The maximum absolute atomic E-state index is 12.6. The number of ketones is 1. The Morgan fingerprint density at radius 3 is 2.81 bits per heavy atom. The first-order valence-electron chi connectivity index (χ1n) is 6.20. The predicted molar refractivity (Wildman–Crippen MR) is 84.3 cm³/mol. The molecule has 21 heavy (non-hydrogen) atoms. The monoisotopic (exact) mass is 323 g/mol. The number of carbonyl (C=O) groups is 1. The third kappa shape index (κ3) is 3.46. The number of ether oxygens (including phenoxy) is 1. The van der Waals surface area contributed by atoms with E-state index in [4.69, 9.17) is 22.1 Å². The van der Waals surface area contributed by atoms with Crippen molar-refractivity contribution in [2.75, 3.05) is 18.6 Å². The lowest BCUT2D eigenvalue weighted by atomic mass is 10.0. The van der Waals surface area contributed by atoms with Crippen LogP contribution in [-0.2, 0) is 0 Å². The minimum atomic E-state index is -0.320. The minimum Gasteiger partial charge on any atom is -0.496 e. The topological polar surface area (TPSA) is 78.1 Å².